The smallest absolute Gasteiger partial charge is 0.258 e. The molecule has 0 aliphatic heterocycles. The Bertz CT molecular complexity index is 1180. The third-order valence-electron chi connectivity index (χ3n) is 3.93. The van der Waals surface area contributed by atoms with Gasteiger partial charge in [0.25, 0.3) is 5.56 Å². The number of fused-ring (bicyclic) bond motifs is 1. The fourth-order valence-corrected chi connectivity index (χ4v) is 3.59. The van der Waals surface area contributed by atoms with E-state index in [2.05, 4.69) is 25.3 Å². The van der Waals surface area contributed by atoms with Gasteiger partial charge in [-0.1, -0.05) is 23.4 Å². The van der Waals surface area contributed by atoms with Crippen LogP contribution in [0.3, 0.4) is 0 Å². The fourth-order valence-electron chi connectivity index (χ4n) is 2.73. The first kappa shape index (κ1) is 17.7. The highest BCUT2D eigenvalue weighted by atomic mass is 35.5. The van der Waals surface area contributed by atoms with Gasteiger partial charge in [-0.3, -0.25) is 4.79 Å². The van der Waals surface area contributed by atoms with Crippen molar-refractivity contribution in [1.82, 2.24) is 29.9 Å². The number of hydrogen-bond donors (Lipinski definition) is 1. The molecule has 1 N–H and O–H groups in total. The fraction of sp³-hybridized carbons (Fsp3) is 0.167. The molecule has 1 aromatic carbocycles. The van der Waals surface area contributed by atoms with Gasteiger partial charge in [0.15, 0.2) is 5.82 Å². The molecule has 0 aliphatic carbocycles. The molecule has 0 amide bonds. The number of hydrogen-bond acceptors (Lipinski definition) is 6. The maximum Gasteiger partial charge on any atom is 0.258 e. The molecule has 4 rings (SSSR count). The second kappa shape index (κ2) is 7.13. The molecule has 7 nitrogen and oxygen atoms in total. The number of aryl methyl sites for hydroxylation is 2. The Kier molecular flexibility index (Phi) is 4.67. The van der Waals surface area contributed by atoms with Gasteiger partial charge in [-0.15, -0.1) is 10.2 Å². The second-order valence-corrected chi connectivity index (χ2v) is 7.46. The highest BCUT2D eigenvalue weighted by Gasteiger charge is 2.08. The van der Waals surface area contributed by atoms with Gasteiger partial charge in [0.1, 0.15) is 10.9 Å². The molecule has 27 heavy (non-hydrogen) atoms. The minimum Gasteiger partial charge on any atom is -0.309 e. The van der Waals surface area contributed by atoms with Crippen LogP contribution in [0.15, 0.2) is 46.2 Å². The number of aromatic nitrogens is 6. The van der Waals surface area contributed by atoms with Crippen LogP contribution < -0.4 is 5.56 Å². The molecule has 0 saturated carbocycles. The molecule has 0 saturated heterocycles. The van der Waals surface area contributed by atoms with Crippen LogP contribution in [0, 0.1) is 13.8 Å². The largest absolute Gasteiger partial charge is 0.309 e. The minimum atomic E-state index is -0.205. The zero-order chi connectivity index (χ0) is 19.0. The molecule has 9 heteroatoms. The zero-order valence-corrected chi connectivity index (χ0v) is 16.2. The Hall–Kier alpha value is -2.71. The predicted octanol–water partition coefficient (Wildman–Crippen LogP) is 3.46. The summed E-state index contributed by atoms with van der Waals surface area (Å²) >= 11 is 7.38. The van der Waals surface area contributed by atoms with Crippen LogP contribution in [0.2, 0.25) is 5.02 Å². The van der Waals surface area contributed by atoms with E-state index in [0.29, 0.717) is 33.3 Å². The average molecular weight is 399 g/mol. The van der Waals surface area contributed by atoms with E-state index in [-0.39, 0.29) is 5.56 Å². The predicted molar refractivity (Wildman–Crippen MR) is 106 cm³/mol. The first-order valence-electron chi connectivity index (χ1n) is 8.18. The van der Waals surface area contributed by atoms with E-state index in [0.717, 1.165) is 16.4 Å². The van der Waals surface area contributed by atoms with Crippen molar-refractivity contribution in [2.24, 2.45) is 0 Å². The van der Waals surface area contributed by atoms with E-state index in [1.54, 1.807) is 22.9 Å². The number of benzene rings is 1. The molecule has 0 bridgehead atoms. The molecular formula is C18H15ClN6OS. The summed E-state index contributed by atoms with van der Waals surface area (Å²) < 4.78 is 1.75. The quantitative estimate of drug-likeness (QED) is 0.529. The van der Waals surface area contributed by atoms with Crippen molar-refractivity contribution in [2.45, 2.75) is 24.6 Å². The third-order valence-corrected chi connectivity index (χ3v) is 5.09. The summed E-state index contributed by atoms with van der Waals surface area (Å²) in [6.45, 7) is 3.91. The van der Waals surface area contributed by atoms with Crippen LogP contribution >= 0.6 is 23.4 Å². The van der Waals surface area contributed by atoms with Gasteiger partial charge in [-0.05, 0) is 50.2 Å². The van der Waals surface area contributed by atoms with Crippen molar-refractivity contribution in [3.63, 3.8) is 0 Å². The zero-order valence-electron chi connectivity index (χ0n) is 14.6. The summed E-state index contributed by atoms with van der Waals surface area (Å²) in [6.07, 6.45) is 0. The molecular weight excluding hydrogens is 384 g/mol. The van der Waals surface area contributed by atoms with E-state index in [4.69, 9.17) is 11.6 Å². The van der Waals surface area contributed by atoms with Gasteiger partial charge in [-0.2, -0.15) is 5.10 Å². The monoisotopic (exact) mass is 398 g/mol. The van der Waals surface area contributed by atoms with Crippen molar-refractivity contribution in [1.29, 1.82) is 0 Å². The van der Waals surface area contributed by atoms with Crippen molar-refractivity contribution in [2.75, 3.05) is 0 Å². The maximum absolute atomic E-state index is 12.2. The van der Waals surface area contributed by atoms with Gasteiger partial charge in [-0.25, -0.2) is 9.67 Å². The normalized spacial score (nSPS) is 11.2. The van der Waals surface area contributed by atoms with Crippen molar-refractivity contribution in [3.05, 3.63) is 69.0 Å². The molecule has 0 fully saturated rings. The second-order valence-electron chi connectivity index (χ2n) is 6.03. The lowest BCUT2D eigenvalue weighted by molar-refractivity contribution is 0.765. The summed E-state index contributed by atoms with van der Waals surface area (Å²) in [6, 6.07) is 10.8. The summed E-state index contributed by atoms with van der Waals surface area (Å²) in [7, 11) is 0. The number of nitrogens with zero attached hydrogens (tertiary/aromatic N) is 5. The highest BCUT2D eigenvalue weighted by Crippen LogP contribution is 2.20. The molecule has 0 radical (unpaired) electrons. The number of halogens is 1. The van der Waals surface area contributed by atoms with Crippen molar-refractivity contribution < 1.29 is 0 Å². The highest BCUT2D eigenvalue weighted by molar-refractivity contribution is 7.98. The van der Waals surface area contributed by atoms with Gasteiger partial charge < -0.3 is 4.98 Å². The van der Waals surface area contributed by atoms with E-state index in [1.807, 2.05) is 32.0 Å². The standard InChI is InChI=1S/C18H15ClN6OS/c1-10-7-11(2)25(24-10)16-5-6-17(23-22-16)27-9-15-20-14-4-3-12(19)8-13(14)18(26)21-15/h3-8H,9H2,1-2H3,(H,20,21,26). The maximum atomic E-state index is 12.2. The molecule has 3 aromatic heterocycles. The van der Waals surface area contributed by atoms with Crippen LogP contribution in [-0.2, 0) is 5.75 Å². The minimum absolute atomic E-state index is 0.205. The van der Waals surface area contributed by atoms with Crippen molar-refractivity contribution >= 4 is 34.3 Å². The number of thioether (sulfide) groups is 1. The van der Waals surface area contributed by atoms with Crippen molar-refractivity contribution in [3.8, 4) is 5.82 Å². The average Bonchev–Trinajstić information content (AvgIpc) is 2.99. The molecule has 0 spiro atoms. The Balaban J connectivity index is 1.52. The van der Waals surface area contributed by atoms with E-state index >= 15 is 0 Å². The number of rotatable bonds is 4. The summed E-state index contributed by atoms with van der Waals surface area (Å²) in [5, 5.41) is 14.6. The Labute approximate surface area is 163 Å². The third kappa shape index (κ3) is 3.72. The lowest BCUT2D eigenvalue weighted by Gasteiger charge is -2.05. The molecule has 4 aromatic rings. The summed E-state index contributed by atoms with van der Waals surface area (Å²) in [5.41, 5.74) is 2.34. The van der Waals surface area contributed by atoms with Crippen LogP contribution in [0.5, 0.6) is 0 Å². The van der Waals surface area contributed by atoms with E-state index < -0.39 is 0 Å². The van der Waals surface area contributed by atoms with Gasteiger partial charge in [0.05, 0.1) is 22.3 Å². The van der Waals surface area contributed by atoms with Crippen LogP contribution in [0.4, 0.5) is 0 Å². The van der Waals surface area contributed by atoms with Gasteiger partial charge in [0.2, 0.25) is 0 Å². The SMILES string of the molecule is Cc1cc(C)n(-c2ccc(SCc3nc4ccc(Cl)cc4c(=O)[nH]3)nn2)n1. The number of nitrogens with one attached hydrogen (secondary N) is 1. The lowest BCUT2D eigenvalue weighted by atomic mass is 10.2. The lowest BCUT2D eigenvalue weighted by Crippen LogP contribution is -2.11. The summed E-state index contributed by atoms with van der Waals surface area (Å²) in [4.78, 5) is 19.5. The van der Waals surface area contributed by atoms with Crippen LogP contribution in [-0.4, -0.2) is 29.9 Å². The molecule has 3 heterocycles. The number of aromatic amines is 1. The van der Waals surface area contributed by atoms with Crippen LogP contribution in [0.1, 0.15) is 17.2 Å². The van der Waals surface area contributed by atoms with Gasteiger partial charge in [0, 0.05) is 10.7 Å². The number of H-pyrrole nitrogens is 1. The van der Waals surface area contributed by atoms with E-state index in [1.165, 1.54) is 11.8 Å². The van der Waals surface area contributed by atoms with Crippen LogP contribution in [0.25, 0.3) is 16.7 Å². The molecule has 0 atom stereocenters. The molecule has 136 valence electrons. The Morgan fingerprint density at radius 2 is 2.00 bits per heavy atom. The topological polar surface area (TPSA) is 89.4 Å². The molecule has 0 aliphatic rings. The Morgan fingerprint density at radius 1 is 1.15 bits per heavy atom. The first-order valence-corrected chi connectivity index (χ1v) is 9.54. The molecule has 0 unspecified atom stereocenters. The first-order chi connectivity index (χ1) is 13.0. The Morgan fingerprint density at radius 3 is 2.70 bits per heavy atom. The van der Waals surface area contributed by atoms with E-state index in [9.17, 15) is 4.79 Å². The summed E-state index contributed by atoms with van der Waals surface area (Å²) in [5.74, 6) is 1.71. The van der Waals surface area contributed by atoms with Gasteiger partial charge >= 0.3 is 0 Å².